The number of rotatable bonds is 2. The molecule has 0 aromatic heterocycles. The molecule has 8 heteroatoms. The molecule has 1 fully saturated rings. The van der Waals surface area contributed by atoms with Crippen molar-refractivity contribution in [1.82, 2.24) is 0 Å². The molecule has 0 saturated heterocycles. The number of benzene rings is 2. The standard InChI is InChI=1S/C10H8F3O.C6H5FN.H2O.Os/c1-5-9(12)7(11)4-8(10(5)13)14-6-2-3-6;7-5-1-3-6(8)4-2-5;;/h6H,2-3H2,1H3;1-4,8H;1H2;/q2*-1;;+1. The molecular weight excluding hydrogens is 504 g/mol. The Morgan fingerprint density at radius 3 is 2.04 bits per heavy atom. The maximum Gasteiger partial charge on any atom is 1.00 e. The zero-order chi connectivity index (χ0) is 16.3. The van der Waals surface area contributed by atoms with E-state index in [2.05, 4.69) is 0 Å². The molecule has 3 rings (SSSR count). The Labute approximate surface area is 150 Å². The maximum absolute atomic E-state index is 13.3. The van der Waals surface area contributed by atoms with E-state index in [1.807, 2.05) is 6.07 Å². The summed E-state index contributed by atoms with van der Waals surface area (Å²) in [6, 6.07) is 7.27. The van der Waals surface area contributed by atoms with Gasteiger partial charge in [-0.25, -0.2) is 8.78 Å². The van der Waals surface area contributed by atoms with Gasteiger partial charge in [-0.3, -0.25) is 8.78 Å². The molecule has 0 aliphatic heterocycles. The summed E-state index contributed by atoms with van der Waals surface area (Å²) in [4.78, 5) is 0. The third kappa shape index (κ3) is 6.10. The Morgan fingerprint density at radius 1 is 1.04 bits per heavy atom. The SMILES string of the molecule is Cc1c(F)c(F)[c-]c(OC2CC2)c1F.O.[NH-]c1ccc(F)cc1.[Os+]. The van der Waals surface area contributed by atoms with Gasteiger partial charge in [-0.05, 0) is 25.0 Å². The first-order valence-corrected chi connectivity index (χ1v) is 6.58. The Hall–Kier alpha value is -1.64. The van der Waals surface area contributed by atoms with Crippen LogP contribution < -0.4 is 4.74 Å². The molecule has 0 bridgehead atoms. The van der Waals surface area contributed by atoms with Crippen molar-refractivity contribution < 1.29 is 47.6 Å². The molecule has 1 aliphatic rings. The van der Waals surface area contributed by atoms with E-state index in [4.69, 9.17) is 10.5 Å². The number of halogens is 4. The fourth-order valence-electron chi connectivity index (χ4n) is 1.52. The van der Waals surface area contributed by atoms with Crippen molar-refractivity contribution in [3.8, 4) is 5.75 Å². The molecule has 0 spiro atoms. The molecule has 3 nitrogen and oxygen atoms in total. The van der Waals surface area contributed by atoms with Gasteiger partial charge in [0, 0.05) is 17.4 Å². The molecule has 2 aromatic rings. The summed E-state index contributed by atoms with van der Waals surface area (Å²) in [5.41, 5.74) is 6.90. The molecule has 3 N–H and O–H groups in total. The van der Waals surface area contributed by atoms with Gasteiger partial charge in [0.25, 0.3) is 0 Å². The van der Waals surface area contributed by atoms with E-state index in [1.165, 1.54) is 31.2 Å². The van der Waals surface area contributed by atoms with Crippen LogP contribution >= 0.6 is 0 Å². The topological polar surface area (TPSA) is 64.5 Å². The quantitative estimate of drug-likeness (QED) is 0.329. The third-order valence-corrected chi connectivity index (χ3v) is 2.93. The minimum Gasteiger partial charge on any atom is -0.699 e. The second-order valence-electron chi connectivity index (χ2n) is 4.85. The Morgan fingerprint density at radius 2 is 1.58 bits per heavy atom. The summed E-state index contributed by atoms with van der Waals surface area (Å²) >= 11 is 0. The minimum absolute atomic E-state index is 0. The second-order valence-corrected chi connectivity index (χ2v) is 4.85. The molecule has 1 saturated carbocycles. The van der Waals surface area contributed by atoms with Crippen molar-refractivity contribution in [3.63, 3.8) is 0 Å². The van der Waals surface area contributed by atoms with Gasteiger partial charge in [-0.1, -0.05) is 30.7 Å². The second kappa shape index (κ2) is 9.60. The van der Waals surface area contributed by atoms with Gasteiger partial charge >= 0.3 is 19.8 Å². The van der Waals surface area contributed by atoms with Gasteiger partial charge in [0.15, 0.2) is 0 Å². The number of hydrogen-bond donors (Lipinski definition) is 0. The van der Waals surface area contributed by atoms with Crippen molar-refractivity contribution in [3.05, 3.63) is 64.9 Å². The van der Waals surface area contributed by atoms with E-state index in [-0.39, 0.29) is 48.5 Å². The minimum atomic E-state index is -1.20. The van der Waals surface area contributed by atoms with Gasteiger partial charge in [-0.2, -0.15) is 0 Å². The summed E-state index contributed by atoms with van der Waals surface area (Å²) in [5.74, 6) is -3.87. The Bertz CT molecular complexity index is 643. The van der Waals surface area contributed by atoms with Gasteiger partial charge in [0.1, 0.15) is 5.82 Å². The van der Waals surface area contributed by atoms with Gasteiger partial charge in [0.2, 0.25) is 0 Å². The third-order valence-electron chi connectivity index (χ3n) is 2.93. The smallest absolute Gasteiger partial charge is 0.699 e. The number of hydrogen-bond acceptors (Lipinski definition) is 1. The van der Waals surface area contributed by atoms with Crippen LogP contribution in [0.25, 0.3) is 5.73 Å². The average molecular weight is 520 g/mol. The molecule has 0 atom stereocenters. The largest absolute Gasteiger partial charge is 1.00 e. The molecule has 0 heterocycles. The van der Waals surface area contributed by atoms with Crippen LogP contribution in [0.5, 0.6) is 5.75 Å². The molecule has 0 unspecified atom stereocenters. The van der Waals surface area contributed by atoms with Crippen LogP contribution in [-0.4, -0.2) is 11.6 Å². The fourth-order valence-corrected chi connectivity index (χ4v) is 1.52. The van der Waals surface area contributed by atoms with E-state index in [0.717, 1.165) is 12.8 Å². The predicted octanol–water partition coefficient (Wildman–Crippen LogP) is 4.44. The monoisotopic (exact) mass is 521 g/mol. The van der Waals surface area contributed by atoms with Crippen molar-refractivity contribution in [2.75, 3.05) is 0 Å². The normalized spacial score (nSPS) is 12.2. The Kier molecular flexibility index (Phi) is 8.95. The van der Waals surface area contributed by atoms with Gasteiger partial charge in [-0.15, -0.1) is 5.69 Å². The van der Waals surface area contributed by atoms with E-state index in [0.29, 0.717) is 5.69 Å². The van der Waals surface area contributed by atoms with Crippen LogP contribution in [0, 0.1) is 36.3 Å². The Balaban J connectivity index is 0.000000460. The fraction of sp³-hybridized carbons (Fsp3) is 0.250. The van der Waals surface area contributed by atoms with Gasteiger partial charge < -0.3 is 15.9 Å². The summed E-state index contributed by atoms with van der Waals surface area (Å²) < 4.78 is 55.9. The summed E-state index contributed by atoms with van der Waals surface area (Å²) in [6.45, 7) is 1.17. The zero-order valence-corrected chi connectivity index (χ0v) is 15.1. The van der Waals surface area contributed by atoms with Crippen molar-refractivity contribution in [2.24, 2.45) is 0 Å². The van der Waals surface area contributed by atoms with E-state index >= 15 is 0 Å². The van der Waals surface area contributed by atoms with Gasteiger partial charge in [0.05, 0.1) is 11.9 Å². The van der Waals surface area contributed by atoms with Crippen LogP contribution in [0.4, 0.5) is 23.2 Å². The number of ether oxygens (including phenoxy) is 1. The first kappa shape index (κ1) is 22.4. The maximum atomic E-state index is 13.3. The summed E-state index contributed by atoms with van der Waals surface area (Å²) in [6.07, 6.45) is 1.58. The summed E-state index contributed by atoms with van der Waals surface area (Å²) in [5, 5.41) is 0. The predicted molar refractivity (Wildman–Crippen MR) is 77.5 cm³/mol. The van der Waals surface area contributed by atoms with Crippen LogP contribution in [0.2, 0.25) is 0 Å². The van der Waals surface area contributed by atoms with Crippen molar-refractivity contribution in [2.45, 2.75) is 25.9 Å². The molecule has 1 aliphatic carbocycles. The summed E-state index contributed by atoms with van der Waals surface area (Å²) in [7, 11) is 0. The van der Waals surface area contributed by atoms with E-state index < -0.39 is 17.5 Å². The van der Waals surface area contributed by atoms with Crippen molar-refractivity contribution >= 4 is 5.69 Å². The first-order valence-electron chi connectivity index (χ1n) is 6.58. The molecule has 133 valence electrons. The van der Waals surface area contributed by atoms with E-state index in [1.54, 1.807) is 0 Å². The van der Waals surface area contributed by atoms with Crippen molar-refractivity contribution in [1.29, 1.82) is 0 Å². The molecule has 24 heavy (non-hydrogen) atoms. The molecule has 1 radical (unpaired) electrons. The molecular formula is C16H15F4NO2Os-. The van der Waals surface area contributed by atoms with Crippen LogP contribution in [0.15, 0.2) is 24.3 Å². The van der Waals surface area contributed by atoms with E-state index in [9.17, 15) is 17.6 Å². The average Bonchev–Trinajstić information content (AvgIpc) is 3.30. The van der Waals surface area contributed by atoms with Crippen LogP contribution in [0.1, 0.15) is 18.4 Å². The zero-order valence-electron chi connectivity index (χ0n) is 12.6. The van der Waals surface area contributed by atoms with Crippen LogP contribution in [0.3, 0.4) is 0 Å². The molecule has 0 amide bonds. The molecule has 2 aromatic carbocycles. The van der Waals surface area contributed by atoms with Crippen LogP contribution in [-0.2, 0) is 19.8 Å². The number of nitrogens with one attached hydrogen (secondary N) is 1. The first-order chi connectivity index (χ1) is 10.4.